The molecule has 0 unspecified atom stereocenters. The maximum absolute atomic E-state index is 12.7. The van der Waals surface area contributed by atoms with Crippen LogP contribution in [0.25, 0.3) is 0 Å². The number of hydrogen-bond acceptors (Lipinski definition) is 4. The maximum Gasteiger partial charge on any atom is 0.320 e. The van der Waals surface area contributed by atoms with Crippen molar-refractivity contribution in [3.8, 4) is 0 Å². The number of aliphatic carboxylic acids is 1. The van der Waals surface area contributed by atoms with Crippen molar-refractivity contribution >= 4 is 11.8 Å². The summed E-state index contributed by atoms with van der Waals surface area (Å²) >= 11 is 0. The van der Waals surface area contributed by atoms with E-state index in [0.717, 1.165) is 17.7 Å². The molecule has 0 saturated carbocycles. The van der Waals surface area contributed by atoms with Gasteiger partial charge >= 0.3 is 5.97 Å². The molecule has 0 amide bonds. The SMILES string of the molecule is CC1(C)CC(=O)c2c(C[C@H](N)C(=O)O)nn(Cc3ccccc3)c2C1. The van der Waals surface area contributed by atoms with Crippen molar-refractivity contribution in [1.82, 2.24) is 9.78 Å². The second-order valence-electron chi connectivity index (χ2n) is 7.50. The third-order valence-corrected chi connectivity index (χ3v) is 4.60. The van der Waals surface area contributed by atoms with Crippen molar-refractivity contribution in [2.24, 2.45) is 11.1 Å². The number of nitrogens with zero attached hydrogens (tertiary/aromatic N) is 2. The summed E-state index contributed by atoms with van der Waals surface area (Å²) in [7, 11) is 0. The number of rotatable bonds is 5. The van der Waals surface area contributed by atoms with Crippen LogP contribution in [-0.2, 0) is 24.2 Å². The summed E-state index contributed by atoms with van der Waals surface area (Å²) in [6.07, 6.45) is 1.23. The predicted octanol–water partition coefficient (Wildman–Crippen LogP) is 2.04. The summed E-state index contributed by atoms with van der Waals surface area (Å²) < 4.78 is 1.84. The van der Waals surface area contributed by atoms with Gasteiger partial charge in [-0.25, -0.2) is 0 Å². The molecular formula is C19H23N3O3. The Bertz CT molecular complexity index is 809. The van der Waals surface area contributed by atoms with E-state index in [1.807, 2.05) is 35.0 Å². The standard InChI is InChI=1S/C19H23N3O3/c1-19(2)9-15-17(16(23)10-19)14(8-13(20)18(24)25)21-22(15)11-12-6-4-3-5-7-12/h3-7,13H,8-11,20H2,1-2H3,(H,24,25)/t13-/m0/s1. The number of nitrogens with two attached hydrogens (primary N) is 1. The van der Waals surface area contributed by atoms with Gasteiger partial charge < -0.3 is 10.8 Å². The van der Waals surface area contributed by atoms with Crippen LogP contribution in [0.1, 0.15) is 47.6 Å². The van der Waals surface area contributed by atoms with Crippen LogP contribution in [0.15, 0.2) is 30.3 Å². The lowest BCUT2D eigenvalue weighted by Gasteiger charge is -2.29. The quantitative estimate of drug-likeness (QED) is 0.867. The Hall–Kier alpha value is -2.47. The maximum atomic E-state index is 12.7. The van der Waals surface area contributed by atoms with Gasteiger partial charge in [-0.05, 0) is 17.4 Å². The van der Waals surface area contributed by atoms with E-state index in [0.29, 0.717) is 24.2 Å². The number of ketones is 1. The zero-order chi connectivity index (χ0) is 18.2. The summed E-state index contributed by atoms with van der Waals surface area (Å²) in [5.41, 5.74) is 8.59. The number of Topliss-reactive ketones (excluding diaryl/α,β-unsaturated/α-hetero) is 1. The summed E-state index contributed by atoms with van der Waals surface area (Å²) in [6.45, 7) is 4.68. The van der Waals surface area contributed by atoms with Crippen molar-refractivity contribution in [3.05, 3.63) is 52.8 Å². The molecule has 132 valence electrons. The first-order chi connectivity index (χ1) is 11.8. The van der Waals surface area contributed by atoms with E-state index < -0.39 is 12.0 Å². The third-order valence-electron chi connectivity index (χ3n) is 4.60. The van der Waals surface area contributed by atoms with Crippen molar-refractivity contribution in [3.63, 3.8) is 0 Å². The minimum atomic E-state index is -1.09. The van der Waals surface area contributed by atoms with Gasteiger partial charge in [-0.2, -0.15) is 5.10 Å². The van der Waals surface area contributed by atoms with Crippen LogP contribution in [0.5, 0.6) is 0 Å². The average Bonchev–Trinajstić information content (AvgIpc) is 2.84. The highest BCUT2D eigenvalue weighted by molar-refractivity contribution is 6.00. The van der Waals surface area contributed by atoms with Crippen molar-refractivity contribution in [2.45, 2.75) is 45.7 Å². The van der Waals surface area contributed by atoms with Gasteiger partial charge in [-0.3, -0.25) is 14.3 Å². The first kappa shape index (κ1) is 17.4. The molecule has 1 aromatic carbocycles. The molecule has 1 heterocycles. The second-order valence-corrected chi connectivity index (χ2v) is 7.50. The Morgan fingerprint density at radius 1 is 1.32 bits per heavy atom. The second kappa shape index (κ2) is 6.44. The summed E-state index contributed by atoms with van der Waals surface area (Å²) in [6, 6.07) is 8.82. The molecule has 1 aromatic heterocycles. The average molecular weight is 341 g/mol. The highest BCUT2D eigenvalue weighted by atomic mass is 16.4. The lowest BCUT2D eigenvalue weighted by atomic mass is 9.75. The fourth-order valence-electron chi connectivity index (χ4n) is 3.42. The predicted molar refractivity (Wildman–Crippen MR) is 93.5 cm³/mol. The minimum absolute atomic E-state index is 0.0261. The molecule has 6 heteroatoms. The fourth-order valence-corrected chi connectivity index (χ4v) is 3.42. The van der Waals surface area contributed by atoms with E-state index in [4.69, 9.17) is 10.8 Å². The van der Waals surface area contributed by atoms with Crippen LogP contribution in [-0.4, -0.2) is 32.7 Å². The Labute approximate surface area is 146 Å². The van der Waals surface area contributed by atoms with Gasteiger partial charge in [0.1, 0.15) is 6.04 Å². The number of carbonyl (C=O) groups is 2. The molecule has 2 aromatic rings. The molecule has 3 N–H and O–H groups in total. The Morgan fingerprint density at radius 3 is 2.64 bits per heavy atom. The molecule has 1 aliphatic rings. The van der Waals surface area contributed by atoms with Crippen LogP contribution in [0.2, 0.25) is 0 Å². The number of benzene rings is 1. The van der Waals surface area contributed by atoms with Gasteiger partial charge in [-0.15, -0.1) is 0 Å². The van der Waals surface area contributed by atoms with E-state index in [1.54, 1.807) is 0 Å². The number of fused-ring (bicyclic) bond motifs is 1. The van der Waals surface area contributed by atoms with Crippen molar-refractivity contribution < 1.29 is 14.7 Å². The number of aromatic nitrogens is 2. The van der Waals surface area contributed by atoms with Crippen molar-refractivity contribution in [1.29, 1.82) is 0 Å². The zero-order valence-electron chi connectivity index (χ0n) is 14.5. The third kappa shape index (κ3) is 3.64. The van der Waals surface area contributed by atoms with Crippen molar-refractivity contribution in [2.75, 3.05) is 0 Å². The lowest BCUT2D eigenvalue weighted by molar-refractivity contribution is -0.138. The van der Waals surface area contributed by atoms with Crippen LogP contribution in [0.4, 0.5) is 0 Å². The Balaban J connectivity index is 2.03. The molecule has 1 aliphatic carbocycles. The Kier molecular flexibility index (Phi) is 4.47. The molecular weight excluding hydrogens is 318 g/mol. The van der Waals surface area contributed by atoms with Gasteiger partial charge in [0.25, 0.3) is 0 Å². The fraction of sp³-hybridized carbons (Fsp3) is 0.421. The minimum Gasteiger partial charge on any atom is -0.480 e. The highest BCUT2D eigenvalue weighted by Crippen LogP contribution is 2.36. The van der Waals surface area contributed by atoms with Crippen LogP contribution < -0.4 is 5.73 Å². The van der Waals surface area contributed by atoms with Gasteiger partial charge in [-0.1, -0.05) is 44.2 Å². The largest absolute Gasteiger partial charge is 0.480 e. The summed E-state index contributed by atoms with van der Waals surface area (Å²) in [4.78, 5) is 23.8. The van der Waals surface area contributed by atoms with Crippen LogP contribution in [0.3, 0.4) is 0 Å². The van der Waals surface area contributed by atoms with E-state index in [-0.39, 0.29) is 17.6 Å². The smallest absolute Gasteiger partial charge is 0.320 e. The molecule has 0 spiro atoms. The van der Waals surface area contributed by atoms with Gasteiger partial charge in [0.15, 0.2) is 5.78 Å². The number of carboxylic acid groups (broad SMARTS) is 1. The van der Waals surface area contributed by atoms with E-state index in [9.17, 15) is 9.59 Å². The normalized spacial score (nSPS) is 17.2. The van der Waals surface area contributed by atoms with E-state index in [2.05, 4.69) is 18.9 Å². The molecule has 25 heavy (non-hydrogen) atoms. The molecule has 0 fully saturated rings. The van der Waals surface area contributed by atoms with Crippen LogP contribution >= 0.6 is 0 Å². The monoisotopic (exact) mass is 341 g/mol. The number of carbonyl (C=O) groups excluding carboxylic acids is 1. The topological polar surface area (TPSA) is 98.2 Å². The molecule has 0 aliphatic heterocycles. The lowest BCUT2D eigenvalue weighted by Crippen LogP contribution is -2.33. The Morgan fingerprint density at radius 2 is 2.00 bits per heavy atom. The first-order valence-corrected chi connectivity index (χ1v) is 8.41. The van der Waals surface area contributed by atoms with Gasteiger partial charge in [0, 0.05) is 12.8 Å². The molecule has 1 atom stereocenters. The molecule has 0 radical (unpaired) electrons. The zero-order valence-corrected chi connectivity index (χ0v) is 14.5. The highest BCUT2D eigenvalue weighted by Gasteiger charge is 2.36. The van der Waals surface area contributed by atoms with Gasteiger partial charge in [0.2, 0.25) is 0 Å². The van der Waals surface area contributed by atoms with Crippen LogP contribution in [0, 0.1) is 5.41 Å². The molecule has 0 bridgehead atoms. The van der Waals surface area contributed by atoms with E-state index >= 15 is 0 Å². The molecule has 3 rings (SSSR count). The summed E-state index contributed by atoms with van der Waals surface area (Å²) in [5.74, 6) is -1.06. The van der Waals surface area contributed by atoms with E-state index in [1.165, 1.54) is 0 Å². The summed E-state index contributed by atoms with van der Waals surface area (Å²) in [5, 5.41) is 13.7. The number of carboxylic acids is 1. The first-order valence-electron chi connectivity index (χ1n) is 8.41. The molecule has 0 saturated heterocycles. The molecule has 6 nitrogen and oxygen atoms in total. The van der Waals surface area contributed by atoms with Gasteiger partial charge in [0.05, 0.1) is 23.5 Å². The number of hydrogen-bond donors (Lipinski definition) is 2.